The molecule has 0 radical (unpaired) electrons. The average Bonchev–Trinajstić information content (AvgIpc) is 2.50. The first-order chi connectivity index (χ1) is 5.95. The molecule has 3 heteroatoms. The Bertz CT molecular complexity index is 273. The fraction of sp³-hybridized carbons (Fsp3) is 0.700. The molecule has 1 rings (SSSR count). The summed E-state index contributed by atoms with van der Waals surface area (Å²) in [6.07, 6.45) is 0. The summed E-state index contributed by atoms with van der Waals surface area (Å²) in [4.78, 5) is 4.59. The highest BCUT2D eigenvalue weighted by atomic mass is 32.1. The highest BCUT2D eigenvalue weighted by molar-refractivity contribution is 7.09. The van der Waals surface area contributed by atoms with E-state index >= 15 is 0 Å². The molecule has 2 N–H and O–H groups in total. The van der Waals surface area contributed by atoms with Gasteiger partial charge in [-0.25, -0.2) is 4.98 Å². The van der Waals surface area contributed by atoms with Crippen molar-refractivity contribution in [2.45, 2.75) is 39.0 Å². The van der Waals surface area contributed by atoms with Crippen LogP contribution in [-0.4, -0.2) is 11.5 Å². The van der Waals surface area contributed by atoms with Crippen LogP contribution in [0.2, 0.25) is 0 Å². The predicted molar refractivity (Wildman–Crippen MR) is 58.3 cm³/mol. The van der Waals surface area contributed by atoms with Gasteiger partial charge in [0.2, 0.25) is 0 Å². The first-order valence-electron chi connectivity index (χ1n) is 4.61. The maximum atomic E-state index is 5.59. The molecule has 0 amide bonds. The Morgan fingerprint density at radius 1 is 1.54 bits per heavy atom. The van der Waals surface area contributed by atoms with E-state index in [1.54, 1.807) is 11.3 Å². The molecule has 0 saturated carbocycles. The molecule has 0 fully saturated rings. The summed E-state index contributed by atoms with van der Waals surface area (Å²) in [7, 11) is 0. The lowest BCUT2D eigenvalue weighted by Gasteiger charge is -2.14. The Morgan fingerprint density at radius 2 is 2.15 bits per heavy atom. The van der Waals surface area contributed by atoms with E-state index in [-0.39, 0.29) is 5.41 Å². The highest BCUT2D eigenvalue weighted by Crippen LogP contribution is 2.26. The third-order valence-electron chi connectivity index (χ3n) is 2.07. The van der Waals surface area contributed by atoms with Crippen molar-refractivity contribution in [3.63, 3.8) is 0 Å². The number of nitrogens with zero attached hydrogens (tertiary/aromatic N) is 1. The second-order valence-corrected chi connectivity index (χ2v) is 5.35. The lowest BCUT2D eigenvalue weighted by molar-refractivity contribution is 0.568. The number of thiazole rings is 1. The molecule has 1 unspecified atom stereocenters. The number of nitrogens with two attached hydrogens (primary N) is 1. The fourth-order valence-electron chi connectivity index (χ4n) is 0.959. The van der Waals surface area contributed by atoms with Crippen LogP contribution >= 0.6 is 11.3 Å². The van der Waals surface area contributed by atoms with Crippen LogP contribution in [0.15, 0.2) is 5.38 Å². The molecule has 0 bridgehead atoms. The number of hydrogen-bond acceptors (Lipinski definition) is 3. The third kappa shape index (κ3) is 2.51. The van der Waals surface area contributed by atoms with Gasteiger partial charge in [0.05, 0.1) is 10.7 Å². The lowest BCUT2D eigenvalue weighted by atomic mass is 9.93. The zero-order valence-electron chi connectivity index (χ0n) is 8.79. The monoisotopic (exact) mass is 198 g/mol. The molecule has 0 aliphatic heterocycles. The number of hydrogen-bond donors (Lipinski definition) is 1. The van der Waals surface area contributed by atoms with Crippen LogP contribution < -0.4 is 5.73 Å². The largest absolute Gasteiger partial charge is 0.330 e. The minimum Gasteiger partial charge on any atom is -0.330 e. The molecular weight excluding hydrogens is 180 g/mol. The first-order valence-corrected chi connectivity index (χ1v) is 5.49. The van der Waals surface area contributed by atoms with Crippen LogP contribution in [0, 0.1) is 0 Å². The summed E-state index contributed by atoms with van der Waals surface area (Å²) in [6.45, 7) is 9.33. The van der Waals surface area contributed by atoms with Gasteiger partial charge >= 0.3 is 0 Å². The first kappa shape index (κ1) is 10.7. The van der Waals surface area contributed by atoms with Gasteiger partial charge in [0, 0.05) is 23.3 Å². The van der Waals surface area contributed by atoms with Crippen molar-refractivity contribution in [1.29, 1.82) is 0 Å². The van der Waals surface area contributed by atoms with Crippen molar-refractivity contribution in [2.24, 2.45) is 5.73 Å². The molecule has 74 valence electrons. The van der Waals surface area contributed by atoms with Gasteiger partial charge in [-0.05, 0) is 0 Å². The Hall–Kier alpha value is -0.410. The van der Waals surface area contributed by atoms with Crippen LogP contribution in [0.5, 0.6) is 0 Å². The van der Waals surface area contributed by atoms with E-state index in [4.69, 9.17) is 5.73 Å². The fourth-order valence-corrected chi connectivity index (χ4v) is 2.08. The summed E-state index contributed by atoms with van der Waals surface area (Å²) in [5.41, 5.74) is 6.92. The predicted octanol–water partition coefficient (Wildman–Crippen LogP) is 2.50. The molecule has 1 atom stereocenters. The van der Waals surface area contributed by atoms with E-state index in [2.05, 4.69) is 38.1 Å². The summed E-state index contributed by atoms with van der Waals surface area (Å²) >= 11 is 1.72. The molecule has 0 aliphatic carbocycles. The van der Waals surface area contributed by atoms with Gasteiger partial charge in [0.15, 0.2) is 0 Å². The van der Waals surface area contributed by atoms with Gasteiger partial charge in [0.25, 0.3) is 0 Å². The second kappa shape index (κ2) is 3.76. The molecule has 1 aromatic rings. The van der Waals surface area contributed by atoms with Gasteiger partial charge in [-0.1, -0.05) is 27.7 Å². The summed E-state index contributed by atoms with van der Waals surface area (Å²) in [5, 5.41) is 3.30. The van der Waals surface area contributed by atoms with Crippen molar-refractivity contribution >= 4 is 11.3 Å². The van der Waals surface area contributed by atoms with Crippen LogP contribution in [0.4, 0.5) is 0 Å². The minimum absolute atomic E-state index is 0.156. The zero-order valence-corrected chi connectivity index (χ0v) is 9.61. The summed E-state index contributed by atoms with van der Waals surface area (Å²) in [6, 6.07) is 0. The van der Waals surface area contributed by atoms with Crippen LogP contribution in [0.3, 0.4) is 0 Å². The molecular formula is C10H18N2S. The molecule has 1 aromatic heterocycles. The quantitative estimate of drug-likeness (QED) is 0.793. The van der Waals surface area contributed by atoms with Crippen molar-refractivity contribution in [2.75, 3.05) is 6.54 Å². The van der Waals surface area contributed by atoms with Crippen molar-refractivity contribution in [3.8, 4) is 0 Å². The molecule has 2 nitrogen and oxygen atoms in total. The summed E-state index contributed by atoms with van der Waals surface area (Å²) in [5.74, 6) is 0.390. The van der Waals surface area contributed by atoms with Crippen molar-refractivity contribution in [3.05, 3.63) is 16.1 Å². The molecule has 1 heterocycles. The maximum Gasteiger partial charge on any atom is 0.0969 e. The third-order valence-corrected chi connectivity index (χ3v) is 3.14. The van der Waals surface area contributed by atoms with E-state index in [1.807, 2.05) is 0 Å². The van der Waals surface area contributed by atoms with E-state index in [1.165, 1.54) is 5.69 Å². The molecule has 0 aromatic carbocycles. The molecule has 13 heavy (non-hydrogen) atoms. The Labute approximate surface area is 84.2 Å². The number of rotatable bonds is 2. The number of aromatic nitrogens is 1. The Kier molecular flexibility index (Phi) is 3.09. The Morgan fingerprint density at radius 3 is 2.54 bits per heavy atom. The smallest absolute Gasteiger partial charge is 0.0969 e. The van der Waals surface area contributed by atoms with E-state index in [9.17, 15) is 0 Å². The van der Waals surface area contributed by atoms with Crippen LogP contribution in [0.1, 0.15) is 44.3 Å². The topological polar surface area (TPSA) is 38.9 Å². The average molecular weight is 198 g/mol. The molecule has 0 aliphatic rings. The van der Waals surface area contributed by atoms with E-state index < -0.39 is 0 Å². The van der Waals surface area contributed by atoms with Gasteiger partial charge in [-0.2, -0.15) is 0 Å². The van der Waals surface area contributed by atoms with Gasteiger partial charge in [0.1, 0.15) is 0 Å². The van der Waals surface area contributed by atoms with Crippen molar-refractivity contribution < 1.29 is 0 Å². The zero-order chi connectivity index (χ0) is 10.1. The second-order valence-electron chi connectivity index (χ2n) is 4.46. The SMILES string of the molecule is CC(CN)c1nc(C(C)(C)C)cs1. The van der Waals surface area contributed by atoms with Gasteiger partial charge in [-0.3, -0.25) is 0 Å². The standard InChI is InChI=1S/C10H18N2S/c1-7(5-11)9-12-8(6-13-9)10(2,3)4/h6-7H,5,11H2,1-4H3. The molecule has 0 spiro atoms. The van der Waals surface area contributed by atoms with Gasteiger partial charge < -0.3 is 5.73 Å². The normalized spacial score (nSPS) is 14.5. The van der Waals surface area contributed by atoms with Crippen LogP contribution in [0.25, 0.3) is 0 Å². The van der Waals surface area contributed by atoms with Crippen molar-refractivity contribution in [1.82, 2.24) is 4.98 Å². The maximum absolute atomic E-state index is 5.59. The minimum atomic E-state index is 0.156. The van der Waals surface area contributed by atoms with Crippen LogP contribution in [-0.2, 0) is 5.41 Å². The summed E-state index contributed by atoms with van der Waals surface area (Å²) < 4.78 is 0. The van der Waals surface area contributed by atoms with Gasteiger partial charge in [-0.15, -0.1) is 11.3 Å². The Balaban J connectivity index is 2.87. The highest BCUT2D eigenvalue weighted by Gasteiger charge is 2.18. The lowest BCUT2D eigenvalue weighted by Crippen LogP contribution is -2.13. The van der Waals surface area contributed by atoms with E-state index in [0.717, 1.165) is 5.01 Å². The molecule has 0 saturated heterocycles. The van der Waals surface area contributed by atoms with E-state index in [0.29, 0.717) is 12.5 Å².